The molecule has 0 aliphatic rings. The topological polar surface area (TPSA) is 23.1 Å². The van der Waals surface area contributed by atoms with Gasteiger partial charge in [0.15, 0.2) is 0 Å². The van der Waals surface area contributed by atoms with Crippen molar-refractivity contribution in [3.05, 3.63) is 30.3 Å². The van der Waals surface area contributed by atoms with Crippen LogP contribution in [0.3, 0.4) is 0 Å². The molecule has 1 rings (SSSR count). The minimum atomic E-state index is 0.0718. The molecule has 0 unspecified atom stereocenters. The number of hydrogen-bond acceptors (Lipinski definition) is 1. The zero-order valence-electron chi connectivity index (χ0n) is 13.9. The molecule has 0 aromatic heterocycles. The summed E-state index contributed by atoms with van der Waals surface area (Å²) < 4.78 is 1.38. The Hall–Kier alpha value is -1.02. The number of benzene rings is 1. The average Bonchev–Trinajstić information content (AvgIpc) is 2.41. The van der Waals surface area contributed by atoms with Gasteiger partial charge in [-0.15, -0.1) is 5.75 Å². The van der Waals surface area contributed by atoms with Gasteiger partial charge in [-0.25, -0.2) is 0 Å². The maximum Gasteiger partial charge on any atom is 0.0783 e. The lowest BCUT2D eigenvalue weighted by atomic mass is 10.2. The van der Waals surface area contributed by atoms with Crippen LogP contribution in [0.15, 0.2) is 30.3 Å². The van der Waals surface area contributed by atoms with Crippen LogP contribution in [0, 0.1) is 0 Å². The van der Waals surface area contributed by atoms with E-state index in [9.17, 15) is 5.11 Å². The molecule has 0 heterocycles. The summed E-state index contributed by atoms with van der Waals surface area (Å²) in [5.74, 6) is 0.0718. The van der Waals surface area contributed by atoms with Crippen LogP contribution in [0.5, 0.6) is 5.75 Å². The fourth-order valence-electron chi connectivity index (χ4n) is 2.99. The van der Waals surface area contributed by atoms with Crippen LogP contribution in [-0.4, -0.2) is 30.7 Å². The van der Waals surface area contributed by atoms with Crippen LogP contribution in [0.25, 0.3) is 0 Å². The Morgan fingerprint density at radius 3 is 1.25 bits per heavy atom. The van der Waals surface area contributed by atoms with Gasteiger partial charge in [0.1, 0.15) is 0 Å². The second kappa shape index (κ2) is 11.8. The maximum absolute atomic E-state index is 10.3. The fraction of sp³-hybridized carbons (Fsp3) is 0.667. The molecule has 0 saturated carbocycles. The summed E-state index contributed by atoms with van der Waals surface area (Å²) in [7, 11) is 0. The first kappa shape index (κ1) is 19.0. The Morgan fingerprint density at radius 2 is 1.05 bits per heavy atom. The van der Waals surface area contributed by atoms with Crippen LogP contribution >= 0.6 is 0 Å². The smallest absolute Gasteiger partial charge is 0.0783 e. The van der Waals surface area contributed by atoms with Gasteiger partial charge in [0.25, 0.3) is 0 Å². The molecule has 116 valence electrons. The number of rotatable bonds is 8. The molecule has 0 saturated heterocycles. The van der Waals surface area contributed by atoms with Crippen molar-refractivity contribution < 1.29 is 9.59 Å². The molecule has 20 heavy (non-hydrogen) atoms. The minimum absolute atomic E-state index is 0.0718. The monoisotopic (exact) mass is 279 g/mol. The van der Waals surface area contributed by atoms with Crippen molar-refractivity contribution in [3.8, 4) is 5.75 Å². The molecule has 0 fully saturated rings. The SMILES string of the molecule is CCC[N+](CCC)(CCC)CCC.[O-]c1ccccc1. The second-order valence-electron chi connectivity index (χ2n) is 5.55. The van der Waals surface area contributed by atoms with Gasteiger partial charge in [0.05, 0.1) is 26.2 Å². The Bertz CT molecular complexity index is 281. The highest BCUT2D eigenvalue weighted by Gasteiger charge is 2.22. The van der Waals surface area contributed by atoms with E-state index in [-0.39, 0.29) is 5.75 Å². The average molecular weight is 279 g/mol. The van der Waals surface area contributed by atoms with E-state index in [0.29, 0.717) is 0 Å². The standard InChI is InChI=1S/C12H28N.C6H6O/c1-5-9-13(10-6-2,11-7-3)12-8-4;7-6-4-2-1-3-5-6/h5-12H2,1-4H3;1-5,7H/q+1;/p-1. The second-order valence-corrected chi connectivity index (χ2v) is 5.55. The number of para-hydroxylation sites is 1. The molecule has 2 nitrogen and oxygen atoms in total. The Morgan fingerprint density at radius 1 is 0.700 bits per heavy atom. The summed E-state index contributed by atoms with van der Waals surface area (Å²) in [6.45, 7) is 14.8. The molecule has 0 aliphatic heterocycles. The molecule has 0 bridgehead atoms. The van der Waals surface area contributed by atoms with E-state index in [1.807, 2.05) is 6.07 Å². The van der Waals surface area contributed by atoms with Gasteiger partial charge in [-0.1, -0.05) is 58.0 Å². The lowest BCUT2D eigenvalue weighted by Gasteiger charge is -2.38. The van der Waals surface area contributed by atoms with Gasteiger partial charge >= 0.3 is 0 Å². The summed E-state index contributed by atoms with van der Waals surface area (Å²) in [5, 5.41) is 10.3. The van der Waals surface area contributed by atoms with E-state index >= 15 is 0 Å². The zero-order chi connectivity index (χ0) is 15.3. The van der Waals surface area contributed by atoms with Crippen LogP contribution in [-0.2, 0) is 0 Å². The summed E-state index contributed by atoms with van der Waals surface area (Å²) in [5.41, 5.74) is 0. The van der Waals surface area contributed by atoms with Crippen molar-refractivity contribution in [1.82, 2.24) is 0 Å². The quantitative estimate of drug-likeness (QED) is 0.654. The summed E-state index contributed by atoms with van der Waals surface area (Å²) in [4.78, 5) is 0. The van der Waals surface area contributed by atoms with Gasteiger partial charge in [-0.3, -0.25) is 0 Å². The molecular formula is C18H33NO. The molecule has 0 amide bonds. The molecule has 0 N–H and O–H groups in total. The lowest BCUT2D eigenvalue weighted by molar-refractivity contribution is -0.928. The van der Waals surface area contributed by atoms with Gasteiger partial charge in [-0.05, 0) is 25.7 Å². The van der Waals surface area contributed by atoms with E-state index < -0.39 is 0 Å². The van der Waals surface area contributed by atoms with Crippen LogP contribution in [0.1, 0.15) is 53.4 Å². The van der Waals surface area contributed by atoms with Gasteiger partial charge < -0.3 is 9.59 Å². The maximum atomic E-state index is 10.3. The molecule has 0 radical (unpaired) electrons. The highest BCUT2D eigenvalue weighted by molar-refractivity contribution is 5.17. The van der Waals surface area contributed by atoms with E-state index in [2.05, 4.69) is 27.7 Å². The molecule has 0 aliphatic carbocycles. The highest BCUT2D eigenvalue weighted by Crippen LogP contribution is 2.12. The Labute approximate surface area is 126 Å². The Balaban J connectivity index is 0.000000428. The van der Waals surface area contributed by atoms with Crippen LogP contribution in [0.4, 0.5) is 0 Å². The number of nitrogens with zero attached hydrogens (tertiary/aromatic N) is 1. The van der Waals surface area contributed by atoms with E-state index in [0.717, 1.165) is 0 Å². The first-order chi connectivity index (χ1) is 9.64. The summed E-state index contributed by atoms with van der Waals surface area (Å²) in [6, 6.07) is 8.33. The number of hydrogen-bond donors (Lipinski definition) is 0. The first-order valence-electron chi connectivity index (χ1n) is 8.21. The van der Waals surface area contributed by atoms with Gasteiger partial charge in [0, 0.05) is 0 Å². The third-order valence-electron chi connectivity index (χ3n) is 3.53. The van der Waals surface area contributed by atoms with Crippen LogP contribution in [0.2, 0.25) is 0 Å². The predicted octanol–water partition coefficient (Wildman–Crippen LogP) is 4.20. The van der Waals surface area contributed by atoms with E-state index in [1.54, 1.807) is 12.1 Å². The van der Waals surface area contributed by atoms with Crippen molar-refractivity contribution >= 4 is 0 Å². The minimum Gasteiger partial charge on any atom is -0.872 e. The van der Waals surface area contributed by atoms with Crippen LogP contribution < -0.4 is 5.11 Å². The normalized spacial score (nSPS) is 10.8. The fourth-order valence-corrected chi connectivity index (χ4v) is 2.99. The van der Waals surface area contributed by atoms with Crippen molar-refractivity contribution in [2.45, 2.75) is 53.4 Å². The van der Waals surface area contributed by atoms with E-state index in [1.165, 1.54) is 68.5 Å². The van der Waals surface area contributed by atoms with Crippen molar-refractivity contribution in [2.24, 2.45) is 0 Å². The van der Waals surface area contributed by atoms with Crippen molar-refractivity contribution in [3.63, 3.8) is 0 Å². The molecule has 1 aromatic carbocycles. The summed E-state index contributed by atoms with van der Waals surface area (Å²) >= 11 is 0. The predicted molar refractivity (Wildman–Crippen MR) is 86.8 cm³/mol. The number of quaternary nitrogens is 1. The molecule has 0 spiro atoms. The molecule has 2 heteroatoms. The lowest BCUT2D eigenvalue weighted by Crippen LogP contribution is -2.50. The zero-order valence-corrected chi connectivity index (χ0v) is 13.9. The molecule has 0 atom stereocenters. The highest BCUT2D eigenvalue weighted by atomic mass is 16.3. The van der Waals surface area contributed by atoms with E-state index in [4.69, 9.17) is 0 Å². The molecular weight excluding hydrogens is 246 g/mol. The van der Waals surface area contributed by atoms with Crippen molar-refractivity contribution in [1.29, 1.82) is 0 Å². The third kappa shape index (κ3) is 8.21. The van der Waals surface area contributed by atoms with Crippen molar-refractivity contribution in [2.75, 3.05) is 26.2 Å². The van der Waals surface area contributed by atoms with Gasteiger partial charge in [-0.2, -0.15) is 0 Å². The third-order valence-corrected chi connectivity index (χ3v) is 3.53. The largest absolute Gasteiger partial charge is 0.872 e. The Kier molecular flexibility index (Phi) is 11.2. The van der Waals surface area contributed by atoms with Gasteiger partial charge in [0.2, 0.25) is 0 Å². The first-order valence-corrected chi connectivity index (χ1v) is 8.21. The summed E-state index contributed by atoms with van der Waals surface area (Å²) in [6.07, 6.45) is 5.33. The molecule has 1 aromatic rings.